The normalized spacial score (nSPS) is 11.0. The van der Waals surface area contributed by atoms with Crippen molar-refractivity contribution in [2.45, 2.75) is 30.8 Å². The monoisotopic (exact) mass is 382 g/mol. The third-order valence-electron chi connectivity index (χ3n) is 2.63. The molecular formula is C10H20CaN2Na2O8. The van der Waals surface area contributed by atoms with Gasteiger partial charge in [0.15, 0.2) is 0 Å². The molecule has 0 radical (unpaired) electrons. The molecule has 0 aliphatic rings. The van der Waals surface area contributed by atoms with Gasteiger partial charge in [0.25, 0.3) is 0 Å². The Morgan fingerprint density at radius 1 is 0.913 bits per heavy atom. The molecule has 0 amide bonds. The predicted molar refractivity (Wildman–Crippen MR) is 73.3 cm³/mol. The van der Waals surface area contributed by atoms with Gasteiger partial charge in [0.2, 0.25) is 0 Å². The summed E-state index contributed by atoms with van der Waals surface area (Å²) in [4.78, 5) is 42.9. The molecule has 0 spiro atoms. The first kappa shape index (κ1) is 31.8. The Labute approximate surface area is 212 Å². The van der Waals surface area contributed by atoms with E-state index in [4.69, 9.17) is 26.2 Å². The van der Waals surface area contributed by atoms with Crippen molar-refractivity contribution in [3.8, 4) is 0 Å². The van der Waals surface area contributed by atoms with Gasteiger partial charge >= 0.3 is 121 Å². The fraction of sp³-hybridized carbons (Fsp3) is 0.600. The SMILES string of the molecule is NC(CC(=O)O)C(CC(=O)O)(CC(=O)O)NCC(=O)O.[Ca+2].[H-].[H-].[H-].[H-].[Na+].[Na+]. The zero-order chi connectivity index (χ0) is 15.9. The number of hydrogen-bond donors (Lipinski definition) is 6. The second-order valence-electron chi connectivity index (χ2n) is 4.25. The topological polar surface area (TPSA) is 187 Å². The van der Waals surface area contributed by atoms with Crippen LogP contribution in [0.25, 0.3) is 0 Å². The van der Waals surface area contributed by atoms with Crippen LogP contribution < -0.4 is 70.2 Å². The van der Waals surface area contributed by atoms with Crippen LogP contribution >= 0.6 is 0 Å². The van der Waals surface area contributed by atoms with Crippen LogP contribution in [0.15, 0.2) is 0 Å². The fourth-order valence-electron chi connectivity index (χ4n) is 1.76. The molecule has 0 aromatic heterocycles. The number of carbonyl (C=O) groups is 4. The Balaban J connectivity index is -0.0000000860. The van der Waals surface area contributed by atoms with Crippen molar-refractivity contribution in [2.24, 2.45) is 5.73 Å². The summed E-state index contributed by atoms with van der Waals surface area (Å²) in [5.41, 5.74) is 3.71. The van der Waals surface area contributed by atoms with E-state index in [1.165, 1.54) is 0 Å². The molecule has 1 unspecified atom stereocenters. The van der Waals surface area contributed by atoms with Crippen LogP contribution in [-0.4, -0.2) is 100 Å². The molecule has 0 bridgehead atoms. The van der Waals surface area contributed by atoms with Gasteiger partial charge in [0.1, 0.15) is 0 Å². The second kappa shape index (κ2) is 15.3. The van der Waals surface area contributed by atoms with Gasteiger partial charge < -0.3 is 31.9 Å². The Kier molecular flexibility index (Phi) is 21.2. The number of aliphatic carboxylic acids is 4. The first-order chi connectivity index (χ1) is 9.09. The first-order valence-corrected chi connectivity index (χ1v) is 5.47. The van der Waals surface area contributed by atoms with Gasteiger partial charge in [-0.05, 0) is 0 Å². The minimum Gasteiger partial charge on any atom is -1.00 e. The number of nitrogens with two attached hydrogens (primary N) is 1. The van der Waals surface area contributed by atoms with Gasteiger partial charge in [-0.1, -0.05) is 0 Å². The Hall–Kier alpha value is 1.06. The van der Waals surface area contributed by atoms with Crippen molar-refractivity contribution in [3.05, 3.63) is 0 Å². The van der Waals surface area contributed by atoms with E-state index in [2.05, 4.69) is 5.32 Å². The molecule has 0 saturated carbocycles. The zero-order valence-electron chi connectivity index (χ0n) is 17.1. The third kappa shape index (κ3) is 14.0. The molecule has 0 aliphatic carbocycles. The van der Waals surface area contributed by atoms with E-state index < -0.39 is 61.3 Å². The maximum Gasteiger partial charge on any atom is 2.00 e. The minimum atomic E-state index is -1.87. The minimum absolute atomic E-state index is 0. The van der Waals surface area contributed by atoms with Crippen LogP contribution in [0.1, 0.15) is 25.0 Å². The molecule has 0 heterocycles. The summed E-state index contributed by atoms with van der Waals surface area (Å²) in [6.45, 7) is -0.742. The predicted octanol–water partition coefficient (Wildman–Crippen LogP) is -7.77. The number of nitrogens with one attached hydrogen (secondary N) is 1. The van der Waals surface area contributed by atoms with Crippen molar-refractivity contribution in [2.75, 3.05) is 6.54 Å². The van der Waals surface area contributed by atoms with Gasteiger partial charge in [0.05, 0.1) is 31.3 Å². The maximum atomic E-state index is 10.8. The van der Waals surface area contributed by atoms with Crippen LogP contribution in [0.2, 0.25) is 0 Å². The molecule has 7 N–H and O–H groups in total. The molecule has 13 heteroatoms. The van der Waals surface area contributed by atoms with Crippen molar-refractivity contribution in [1.82, 2.24) is 5.32 Å². The smallest absolute Gasteiger partial charge is 1.00 e. The summed E-state index contributed by atoms with van der Waals surface area (Å²) in [6, 6.07) is -1.38. The summed E-state index contributed by atoms with van der Waals surface area (Å²) >= 11 is 0. The summed E-state index contributed by atoms with van der Waals surface area (Å²) < 4.78 is 0. The molecule has 1 atom stereocenters. The fourth-order valence-corrected chi connectivity index (χ4v) is 1.76. The summed E-state index contributed by atoms with van der Waals surface area (Å²) in [5.74, 6) is -5.56. The Morgan fingerprint density at radius 3 is 1.57 bits per heavy atom. The van der Waals surface area contributed by atoms with Crippen LogP contribution in [0.5, 0.6) is 0 Å². The number of rotatable bonds is 10. The van der Waals surface area contributed by atoms with E-state index in [-0.39, 0.29) is 103 Å². The van der Waals surface area contributed by atoms with E-state index >= 15 is 0 Å². The van der Waals surface area contributed by atoms with Gasteiger partial charge in [0, 0.05) is 6.04 Å². The molecule has 0 aromatic carbocycles. The molecule has 23 heavy (non-hydrogen) atoms. The van der Waals surface area contributed by atoms with Crippen molar-refractivity contribution < 1.29 is 104 Å². The van der Waals surface area contributed by atoms with Crippen molar-refractivity contribution >= 4 is 61.6 Å². The largest absolute Gasteiger partial charge is 2.00 e. The van der Waals surface area contributed by atoms with E-state index in [1.807, 2.05) is 0 Å². The Bertz CT molecular complexity index is 424. The summed E-state index contributed by atoms with van der Waals surface area (Å²) in [5, 5.41) is 37.2. The summed E-state index contributed by atoms with van der Waals surface area (Å²) in [6.07, 6.45) is -2.34. The maximum absolute atomic E-state index is 10.8. The standard InChI is InChI=1S/C10H16N2O8.Ca.2Na.4H/c11-5(1-6(13)14)10(2-7(15)16,3-8(17)18)12-4-9(19)20;;;;;;;/h5,12H,1-4,11H2,(H,13,14)(H,15,16)(H,17,18)(H,19,20);;;;;;;/q;+2;2*+1;4*-1. The average Bonchev–Trinajstić information content (AvgIpc) is 2.23. The van der Waals surface area contributed by atoms with Crippen LogP contribution in [0.4, 0.5) is 0 Å². The molecule has 122 valence electrons. The molecule has 0 rings (SSSR count). The van der Waals surface area contributed by atoms with E-state index in [9.17, 15) is 19.2 Å². The average molecular weight is 382 g/mol. The molecule has 0 fully saturated rings. The first-order valence-electron chi connectivity index (χ1n) is 5.47. The third-order valence-corrected chi connectivity index (χ3v) is 2.63. The van der Waals surface area contributed by atoms with E-state index in [0.717, 1.165) is 0 Å². The molecule has 0 aromatic rings. The number of carboxylic acids is 4. The quantitative estimate of drug-likeness (QED) is 0.198. The number of carboxylic acid groups (broad SMARTS) is 4. The Morgan fingerprint density at radius 2 is 1.30 bits per heavy atom. The van der Waals surface area contributed by atoms with Crippen LogP contribution in [-0.2, 0) is 19.2 Å². The van der Waals surface area contributed by atoms with Gasteiger partial charge in [-0.3, -0.25) is 24.5 Å². The van der Waals surface area contributed by atoms with Gasteiger partial charge in [-0.25, -0.2) is 0 Å². The van der Waals surface area contributed by atoms with E-state index in [0.29, 0.717) is 0 Å². The molecule has 10 nitrogen and oxygen atoms in total. The number of hydrogen-bond acceptors (Lipinski definition) is 6. The summed E-state index contributed by atoms with van der Waals surface area (Å²) in [7, 11) is 0. The zero-order valence-corrected chi connectivity index (χ0v) is 19.3. The van der Waals surface area contributed by atoms with Crippen LogP contribution in [0.3, 0.4) is 0 Å². The second-order valence-corrected chi connectivity index (χ2v) is 4.25. The van der Waals surface area contributed by atoms with Crippen molar-refractivity contribution in [1.29, 1.82) is 0 Å². The molecule has 0 saturated heterocycles. The van der Waals surface area contributed by atoms with Crippen molar-refractivity contribution in [3.63, 3.8) is 0 Å². The molecular weight excluding hydrogens is 362 g/mol. The van der Waals surface area contributed by atoms with Gasteiger partial charge in [-0.2, -0.15) is 0 Å². The van der Waals surface area contributed by atoms with Crippen LogP contribution in [0, 0.1) is 0 Å². The van der Waals surface area contributed by atoms with E-state index in [1.54, 1.807) is 0 Å². The molecule has 0 aliphatic heterocycles. The van der Waals surface area contributed by atoms with Gasteiger partial charge in [-0.15, -0.1) is 0 Å².